The summed E-state index contributed by atoms with van der Waals surface area (Å²) >= 11 is 8.18. The van der Waals surface area contributed by atoms with Crippen LogP contribution in [0.5, 0.6) is 0 Å². The van der Waals surface area contributed by atoms with Gasteiger partial charge in [-0.05, 0) is 44.3 Å². The highest BCUT2D eigenvalue weighted by Crippen LogP contribution is 2.32. The van der Waals surface area contributed by atoms with E-state index in [2.05, 4.69) is 22.2 Å². The summed E-state index contributed by atoms with van der Waals surface area (Å²) in [5, 5.41) is 3.66. The SMILES string of the molecule is Cc1[nH]c(=S)sc1CC(=O)Nc1nc2c(s1)C[C@@H](C)CC2. The monoisotopic (exact) mass is 339 g/mol. The summed E-state index contributed by atoms with van der Waals surface area (Å²) in [6, 6.07) is 0. The smallest absolute Gasteiger partial charge is 0.231 e. The molecular weight excluding hydrogens is 322 g/mol. The number of aromatic nitrogens is 2. The maximum Gasteiger partial charge on any atom is 0.231 e. The standard InChI is InChI=1S/C14H17N3OS3/c1-7-3-4-9-11(5-7)20-13(16-9)17-12(18)6-10-8(2)15-14(19)21-10/h7H,3-6H2,1-2H3,(H,15,19)(H,16,17,18)/t7-/m0/s1. The third kappa shape index (κ3) is 3.41. The Bertz CT molecular complexity index is 728. The van der Waals surface area contributed by atoms with Gasteiger partial charge in [0.25, 0.3) is 0 Å². The van der Waals surface area contributed by atoms with Gasteiger partial charge >= 0.3 is 0 Å². The number of carbonyl (C=O) groups is 1. The number of fused-ring (bicyclic) bond motifs is 1. The summed E-state index contributed by atoms with van der Waals surface area (Å²) in [4.78, 5) is 22.1. The molecule has 112 valence electrons. The molecule has 1 atom stereocenters. The minimum Gasteiger partial charge on any atom is -0.341 e. The molecule has 2 N–H and O–H groups in total. The number of rotatable bonds is 3. The van der Waals surface area contributed by atoms with Crippen LogP contribution in [0.1, 0.15) is 34.5 Å². The molecule has 0 spiro atoms. The number of aryl methyl sites for hydroxylation is 2. The summed E-state index contributed by atoms with van der Waals surface area (Å²) in [5.41, 5.74) is 2.15. The Morgan fingerprint density at radius 1 is 1.52 bits per heavy atom. The second kappa shape index (κ2) is 5.98. The van der Waals surface area contributed by atoms with Crippen molar-refractivity contribution in [2.75, 3.05) is 5.32 Å². The van der Waals surface area contributed by atoms with E-state index >= 15 is 0 Å². The quantitative estimate of drug-likeness (QED) is 0.835. The molecule has 1 aliphatic rings. The van der Waals surface area contributed by atoms with Crippen LogP contribution in [0.25, 0.3) is 0 Å². The number of aromatic amines is 1. The Morgan fingerprint density at radius 3 is 3.05 bits per heavy atom. The number of H-pyrrole nitrogens is 1. The lowest BCUT2D eigenvalue weighted by Gasteiger charge is -2.15. The molecule has 0 saturated heterocycles. The van der Waals surface area contributed by atoms with E-state index in [0.29, 0.717) is 10.4 Å². The van der Waals surface area contributed by atoms with Gasteiger partial charge in [-0.15, -0.1) is 22.7 Å². The van der Waals surface area contributed by atoms with Gasteiger partial charge in [0, 0.05) is 15.4 Å². The van der Waals surface area contributed by atoms with Gasteiger partial charge in [0.1, 0.15) is 0 Å². The van der Waals surface area contributed by atoms with Crippen molar-refractivity contribution < 1.29 is 4.79 Å². The van der Waals surface area contributed by atoms with Crippen molar-refractivity contribution in [1.29, 1.82) is 0 Å². The van der Waals surface area contributed by atoms with Crippen molar-refractivity contribution in [1.82, 2.24) is 9.97 Å². The van der Waals surface area contributed by atoms with Crippen molar-refractivity contribution in [2.24, 2.45) is 5.92 Å². The molecule has 0 unspecified atom stereocenters. The molecule has 2 aromatic rings. The maximum absolute atomic E-state index is 12.1. The third-order valence-corrected chi connectivity index (χ3v) is 6.05. The van der Waals surface area contributed by atoms with E-state index in [1.54, 1.807) is 11.3 Å². The van der Waals surface area contributed by atoms with Crippen molar-refractivity contribution in [2.45, 2.75) is 39.5 Å². The molecule has 3 rings (SSSR count). The van der Waals surface area contributed by atoms with Crippen LogP contribution in [-0.2, 0) is 24.1 Å². The van der Waals surface area contributed by atoms with Gasteiger partial charge in [0.15, 0.2) is 9.09 Å². The number of nitrogens with zero attached hydrogens (tertiary/aromatic N) is 1. The molecular formula is C14H17N3OS3. The van der Waals surface area contributed by atoms with Crippen molar-refractivity contribution in [3.05, 3.63) is 25.1 Å². The minimum absolute atomic E-state index is 0.0255. The fourth-order valence-corrected chi connectivity index (χ4v) is 4.99. The van der Waals surface area contributed by atoms with Crippen LogP contribution in [0.4, 0.5) is 5.13 Å². The lowest BCUT2D eigenvalue weighted by atomic mass is 9.93. The van der Waals surface area contributed by atoms with Gasteiger partial charge in [0.05, 0.1) is 12.1 Å². The van der Waals surface area contributed by atoms with Crippen LogP contribution in [0, 0.1) is 16.8 Å². The molecule has 21 heavy (non-hydrogen) atoms. The predicted molar refractivity (Wildman–Crippen MR) is 89.9 cm³/mol. The number of hydrogen-bond donors (Lipinski definition) is 2. The highest BCUT2D eigenvalue weighted by atomic mass is 32.1. The fraction of sp³-hybridized carbons (Fsp3) is 0.500. The van der Waals surface area contributed by atoms with Gasteiger partial charge in [-0.1, -0.05) is 6.92 Å². The lowest BCUT2D eigenvalue weighted by molar-refractivity contribution is -0.115. The van der Waals surface area contributed by atoms with E-state index in [9.17, 15) is 4.79 Å². The average Bonchev–Trinajstić information content (AvgIpc) is 2.91. The number of carbonyl (C=O) groups excluding carboxylic acids is 1. The highest BCUT2D eigenvalue weighted by Gasteiger charge is 2.20. The zero-order valence-corrected chi connectivity index (χ0v) is 14.4. The fourth-order valence-electron chi connectivity index (χ4n) is 2.51. The summed E-state index contributed by atoms with van der Waals surface area (Å²) in [7, 11) is 0. The molecule has 7 heteroatoms. The molecule has 1 aliphatic carbocycles. The predicted octanol–water partition coefficient (Wildman–Crippen LogP) is 3.88. The van der Waals surface area contributed by atoms with Crippen LogP contribution < -0.4 is 5.32 Å². The summed E-state index contributed by atoms with van der Waals surface area (Å²) in [6.07, 6.45) is 3.66. The maximum atomic E-state index is 12.1. The van der Waals surface area contributed by atoms with Gasteiger partial charge in [0.2, 0.25) is 5.91 Å². The first kappa shape index (κ1) is 14.9. The summed E-state index contributed by atoms with van der Waals surface area (Å²) in [5.74, 6) is 0.693. The molecule has 0 fully saturated rings. The van der Waals surface area contributed by atoms with Crippen LogP contribution in [-0.4, -0.2) is 15.9 Å². The van der Waals surface area contributed by atoms with Crippen LogP contribution in [0.15, 0.2) is 0 Å². The number of nitrogens with one attached hydrogen (secondary N) is 2. The molecule has 0 bridgehead atoms. The van der Waals surface area contributed by atoms with E-state index in [1.165, 1.54) is 28.3 Å². The zero-order chi connectivity index (χ0) is 15.0. The average molecular weight is 340 g/mol. The van der Waals surface area contributed by atoms with Gasteiger partial charge in [-0.25, -0.2) is 4.98 Å². The number of anilines is 1. The van der Waals surface area contributed by atoms with Crippen LogP contribution in [0.2, 0.25) is 0 Å². The molecule has 0 aliphatic heterocycles. The summed E-state index contributed by atoms with van der Waals surface area (Å²) < 4.78 is 0.717. The Morgan fingerprint density at radius 2 is 2.33 bits per heavy atom. The highest BCUT2D eigenvalue weighted by molar-refractivity contribution is 7.73. The Labute approximate surface area is 136 Å². The second-order valence-corrected chi connectivity index (χ2v) is 8.38. The van der Waals surface area contributed by atoms with Crippen LogP contribution >= 0.6 is 34.9 Å². The molecule has 1 amide bonds. The van der Waals surface area contributed by atoms with Gasteiger partial charge in [-0.3, -0.25) is 4.79 Å². The second-order valence-electron chi connectivity index (χ2n) is 5.52. The molecule has 4 nitrogen and oxygen atoms in total. The molecule has 2 heterocycles. The van der Waals surface area contributed by atoms with Gasteiger partial charge < -0.3 is 10.3 Å². The largest absolute Gasteiger partial charge is 0.341 e. The van der Waals surface area contributed by atoms with E-state index in [4.69, 9.17) is 12.2 Å². The first-order valence-electron chi connectivity index (χ1n) is 6.98. The Balaban J connectivity index is 1.68. The van der Waals surface area contributed by atoms with Crippen LogP contribution in [0.3, 0.4) is 0 Å². The first-order valence-corrected chi connectivity index (χ1v) is 9.02. The lowest BCUT2D eigenvalue weighted by Crippen LogP contribution is -2.14. The molecule has 0 radical (unpaired) electrons. The van der Waals surface area contributed by atoms with Crippen molar-refractivity contribution in [3.63, 3.8) is 0 Å². The van der Waals surface area contributed by atoms with Gasteiger partial charge in [-0.2, -0.15) is 0 Å². The number of amides is 1. The Hall–Kier alpha value is -1.05. The Kier molecular flexibility index (Phi) is 4.24. The van der Waals surface area contributed by atoms with E-state index in [-0.39, 0.29) is 5.91 Å². The third-order valence-electron chi connectivity index (χ3n) is 3.68. The zero-order valence-electron chi connectivity index (χ0n) is 12.0. The van der Waals surface area contributed by atoms with E-state index in [1.807, 2.05) is 6.92 Å². The van der Waals surface area contributed by atoms with Crippen molar-refractivity contribution >= 4 is 45.9 Å². The minimum atomic E-state index is -0.0255. The topological polar surface area (TPSA) is 57.8 Å². The molecule has 0 aromatic carbocycles. The summed E-state index contributed by atoms with van der Waals surface area (Å²) in [6.45, 7) is 4.21. The van der Waals surface area contributed by atoms with E-state index < -0.39 is 0 Å². The van der Waals surface area contributed by atoms with E-state index in [0.717, 1.165) is 34.5 Å². The number of thiazole rings is 2. The normalized spacial score (nSPS) is 17.5. The first-order chi connectivity index (χ1) is 10.0. The molecule has 0 saturated carbocycles. The molecule has 2 aromatic heterocycles. The van der Waals surface area contributed by atoms with Crippen molar-refractivity contribution in [3.8, 4) is 0 Å². The number of hydrogen-bond acceptors (Lipinski definition) is 5.